The molecular weight excluding hydrogens is 242 g/mol. The third kappa shape index (κ3) is 5.50. The van der Waals surface area contributed by atoms with Crippen molar-refractivity contribution in [2.24, 2.45) is 0 Å². The third-order valence-corrected chi connectivity index (χ3v) is 3.69. The van der Waals surface area contributed by atoms with Gasteiger partial charge in [0.2, 0.25) is 0 Å². The summed E-state index contributed by atoms with van der Waals surface area (Å²) < 4.78 is 5.79. The lowest BCUT2D eigenvalue weighted by Gasteiger charge is -2.33. The molecule has 4 nitrogen and oxygen atoms in total. The van der Waals surface area contributed by atoms with Gasteiger partial charge in [-0.3, -0.25) is 0 Å². The van der Waals surface area contributed by atoms with E-state index in [1.807, 2.05) is 13.8 Å². The summed E-state index contributed by atoms with van der Waals surface area (Å²) >= 11 is 0. The van der Waals surface area contributed by atoms with Crippen molar-refractivity contribution in [1.82, 2.24) is 5.32 Å². The molecule has 0 saturated heterocycles. The second-order valence-corrected chi connectivity index (χ2v) is 6.09. The topological polar surface area (TPSA) is 61.7 Å². The fourth-order valence-corrected chi connectivity index (χ4v) is 2.22. The summed E-state index contributed by atoms with van der Waals surface area (Å²) in [4.78, 5) is 0. The lowest BCUT2D eigenvalue weighted by molar-refractivity contribution is -0.0643. The highest BCUT2D eigenvalue weighted by atomic mass is 16.5. The van der Waals surface area contributed by atoms with Crippen LogP contribution in [0.1, 0.15) is 46.0 Å². The summed E-state index contributed by atoms with van der Waals surface area (Å²) in [6.45, 7) is 4.40. The Kier molecular flexibility index (Phi) is 6.28. The van der Waals surface area contributed by atoms with Gasteiger partial charge in [0.15, 0.2) is 0 Å². The van der Waals surface area contributed by atoms with Crippen molar-refractivity contribution in [3.8, 4) is 12.3 Å². The molecule has 0 aromatic rings. The number of β-amino-alcohol motifs (C(OH)–C–C–N with tert-alkyl or cyclic N) is 1. The number of aliphatic hydroxyl groups is 2. The molecule has 3 N–H and O–H groups in total. The van der Waals surface area contributed by atoms with Crippen molar-refractivity contribution in [3.63, 3.8) is 0 Å². The normalized spacial score (nSPS) is 20.8. The molecule has 0 heterocycles. The van der Waals surface area contributed by atoms with Gasteiger partial charge >= 0.3 is 0 Å². The highest BCUT2D eigenvalue weighted by Gasteiger charge is 2.31. The Labute approximate surface area is 116 Å². The minimum atomic E-state index is -0.613. The van der Waals surface area contributed by atoms with E-state index in [9.17, 15) is 5.11 Å². The predicted octanol–water partition coefficient (Wildman–Crippen LogP) is 1.06. The molecule has 0 aliphatic heterocycles. The van der Waals surface area contributed by atoms with Gasteiger partial charge in [-0.2, -0.15) is 0 Å². The monoisotopic (exact) mass is 269 g/mol. The number of hydrogen-bond donors (Lipinski definition) is 3. The van der Waals surface area contributed by atoms with Crippen LogP contribution < -0.4 is 5.32 Å². The number of hydrogen-bond acceptors (Lipinski definition) is 4. The quantitative estimate of drug-likeness (QED) is 0.605. The van der Waals surface area contributed by atoms with Crippen LogP contribution in [-0.2, 0) is 4.74 Å². The lowest BCUT2D eigenvalue weighted by atomic mass is 9.85. The van der Waals surface area contributed by atoms with Gasteiger partial charge in [0.1, 0.15) is 5.60 Å². The van der Waals surface area contributed by atoms with Crippen molar-refractivity contribution in [3.05, 3.63) is 0 Å². The number of terminal acetylenes is 1. The Balaban J connectivity index is 2.33. The second kappa shape index (κ2) is 7.25. The molecule has 0 radical (unpaired) electrons. The van der Waals surface area contributed by atoms with Crippen LogP contribution >= 0.6 is 0 Å². The molecular formula is C15H27NO3. The van der Waals surface area contributed by atoms with Crippen molar-refractivity contribution >= 4 is 0 Å². The molecule has 110 valence electrons. The number of aliphatic hydroxyl groups excluding tert-OH is 2. The van der Waals surface area contributed by atoms with Crippen LogP contribution in [0.15, 0.2) is 0 Å². The molecule has 0 bridgehead atoms. The number of rotatable bonds is 7. The fourth-order valence-electron chi connectivity index (χ4n) is 2.22. The SMILES string of the molecule is C#CC1(OC[C@@H](O)CNC(C)(C)CO)CCCCC1. The standard InChI is InChI=1S/C15H27NO3/c1-4-15(8-6-5-7-9-15)19-11-13(18)10-16-14(2,3)12-17/h1,13,16-18H,5-12H2,2-3H3/t13-/m0/s1. The molecule has 1 aliphatic rings. The Morgan fingerprint density at radius 1 is 1.37 bits per heavy atom. The zero-order chi connectivity index (χ0) is 14.4. The van der Waals surface area contributed by atoms with Gasteiger partial charge in [0.05, 0.1) is 19.3 Å². The average Bonchev–Trinajstić information content (AvgIpc) is 2.44. The summed E-state index contributed by atoms with van der Waals surface area (Å²) in [5, 5.41) is 22.1. The van der Waals surface area contributed by atoms with Crippen LogP contribution in [0.25, 0.3) is 0 Å². The van der Waals surface area contributed by atoms with Gasteiger partial charge < -0.3 is 20.3 Å². The summed E-state index contributed by atoms with van der Waals surface area (Å²) in [5.41, 5.74) is -0.874. The second-order valence-electron chi connectivity index (χ2n) is 6.09. The zero-order valence-corrected chi connectivity index (χ0v) is 12.1. The van der Waals surface area contributed by atoms with Crippen molar-refractivity contribution < 1.29 is 14.9 Å². The van der Waals surface area contributed by atoms with E-state index in [2.05, 4.69) is 11.2 Å². The predicted molar refractivity (Wildman–Crippen MR) is 75.8 cm³/mol. The number of ether oxygens (including phenoxy) is 1. The summed E-state index contributed by atoms with van der Waals surface area (Å²) in [6.07, 6.45) is 10.1. The van der Waals surface area contributed by atoms with E-state index in [1.165, 1.54) is 6.42 Å². The maximum Gasteiger partial charge on any atom is 0.128 e. The van der Waals surface area contributed by atoms with Crippen LogP contribution in [0.3, 0.4) is 0 Å². The maximum atomic E-state index is 9.91. The first kappa shape index (κ1) is 16.5. The van der Waals surface area contributed by atoms with E-state index < -0.39 is 17.2 Å². The van der Waals surface area contributed by atoms with Gasteiger partial charge in [-0.1, -0.05) is 12.3 Å². The molecule has 1 atom stereocenters. The zero-order valence-electron chi connectivity index (χ0n) is 12.1. The first-order chi connectivity index (χ1) is 8.93. The Hall–Kier alpha value is -0.600. The van der Waals surface area contributed by atoms with E-state index in [1.54, 1.807) is 0 Å². The van der Waals surface area contributed by atoms with Gasteiger partial charge in [-0.15, -0.1) is 6.42 Å². The van der Waals surface area contributed by atoms with Crippen LogP contribution in [0, 0.1) is 12.3 Å². The molecule has 4 heteroatoms. The molecule has 1 rings (SSSR count). The molecule has 0 aromatic heterocycles. The van der Waals surface area contributed by atoms with Gasteiger partial charge in [-0.25, -0.2) is 0 Å². The Morgan fingerprint density at radius 3 is 2.53 bits per heavy atom. The van der Waals surface area contributed by atoms with Crippen molar-refractivity contribution in [2.75, 3.05) is 19.8 Å². The largest absolute Gasteiger partial charge is 0.394 e. The van der Waals surface area contributed by atoms with Crippen molar-refractivity contribution in [1.29, 1.82) is 0 Å². The minimum Gasteiger partial charge on any atom is -0.394 e. The highest BCUT2D eigenvalue weighted by Crippen LogP contribution is 2.31. The van der Waals surface area contributed by atoms with Crippen LogP contribution in [0.5, 0.6) is 0 Å². The highest BCUT2D eigenvalue weighted by molar-refractivity contribution is 5.09. The van der Waals surface area contributed by atoms with Crippen LogP contribution in [0.4, 0.5) is 0 Å². The average molecular weight is 269 g/mol. The fraction of sp³-hybridized carbons (Fsp3) is 0.867. The first-order valence-corrected chi connectivity index (χ1v) is 7.09. The molecule has 1 aliphatic carbocycles. The van der Waals surface area contributed by atoms with E-state index in [0.717, 1.165) is 25.7 Å². The van der Waals surface area contributed by atoms with Gasteiger partial charge in [0, 0.05) is 12.1 Å². The van der Waals surface area contributed by atoms with E-state index in [0.29, 0.717) is 6.54 Å². The minimum absolute atomic E-state index is 0.0227. The summed E-state index contributed by atoms with van der Waals surface area (Å²) in [7, 11) is 0. The smallest absolute Gasteiger partial charge is 0.128 e. The molecule has 1 saturated carbocycles. The summed E-state index contributed by atoms with van der Waals surface area (Å²) in [5.74, 6) is 2.76. The van der Waals surface area contributed by atoms with Gasteiger partial charge in [-0.05, 0) is 39.5 Å². The van der Waals surface area contributed by atoms with E-state index >= 15 is 0 Å². The van der Waals surface area contributed by atoms with E-state index in [-0.39, 0.29) is 13.2 Å². The van der Waals surface area contributed by atoms with Crippen LogP contribution in [-0.4, -0.2) is 47.2 Å². The Bertz CT molecular complexity index is 303. The molecule has 1 fully saturated rings. The van der Waals surface area contributed by atoms with E-state index in [4.69, 9.17) is 16.3 Å². The van der Waals surface area contributed by atoms with Crippen LogP contribution in [0.2, 0.25) is 0 Å². The molecule has 19 heavy (non-hydrogen) atoms. The first-order valence-electron chi connectivity index (χ1n) is 7.09. The molecule has 0 spiro atoms. The maximum absolute atomic E-state index is 9.91. The molecule has 0 amide bonds. The lowest BCUT2D eigenvalue weighted by Crippen LogP contribution is -2.47. The van der Waals surface area contributed by atoms with Crippen molar-refractivity contribution in [2.45, 2.75) is 63.2 Å². The summed E-state index contributed by atoms with van der Waals surface area (Å²) in [6, 6.07) is 0. The number of nitrogens with one attached hydrogen (secondary N) is 1. The van der Waals surface area contributed by atoms with Gasteiger partial charge in [0.25, 0.3) is 0 Å². The molecule has 0 aromatic carbocycles. The Morgan fingerprint density at radius 2 is 2.00 bits per heavy atom. The third-order valence-electron chi connectivity index (χ3n) is 3.69. The molecule has 0 unspecified atom stereocenters.